The second kappa shape index (κ2) is 9.08. The molecule has 126 valence electrons. The molecule has 0 aromatic heterocycles. The Kier molecular flexibility index (Phi) is 6.81. The van der Waals surface area contributed by atoms with Crippen molar-refractivity contribution in [2.24, 2.45) is 0 Å². The number of rotatable bonds is 8. The van der Waals surface area contributed by atoms with Gasteiger partial charge < -0.3 is 5.32 Å². The van der Waals surface area contributed by atoms with Crippen LogP contribution < -0.4 is 5.32 Å². The number of carbonyl (C=O) groups excluding carboxylic acids is 1. The first-order valence-corrected chi connectivity index (χ1v) is 8.77. The lowest BCUT2D eigenvalue weighted by Crippen LogP contribution is -2.29. The van der Waals surface area contributed by atoms with Gasteiger partial charge in [-0.2, -0.15) is 0 Å². The van der Waals surface area contributed by atoms with Crippen LogP contribution in [0.15, 0.2) is 59.5 Å². The summed E-state index contributed by atoms with van der Waals surface area (Å²) < 4.78 is 0. The molecule has 0 bridgehead atoms. The second-order valence-electron chi connectivity index (χ2n) is 5.36. The summed E-state index contributed by atoms with van der Waals surface area (Å²) in [5.74, 6) is 0.565. The molecule has 0 aliphatic carbocycles. The molecule has 0 aliphatic heterocycles. The van der Waals surface area contributed by atoms with Gasteiger partial charge in [0.05, 0.1) is 10.7 Å². The number of hydrogen-bond donors (Lipinski definition) is 1. The number of carbonyl (C=O) groups is 1. The predicted molar refractivity (Wildman–Crippen MR) is 96.3 cm³/mol. The van der Waals surface area contributed by atoms with E-state index < -0.39 is 4.92 Å². The Balaban J connectivity index is 1.79. The summed E-state index contributed by atoms with van der Waals surface area (Å²) >= 11 is 1.37. The molecular formula is C18H20N2O3S. The molecule has 6 heteroatoms. The van der Waals surface area contributed by atoms with Gasteiger partial charge >= 0.3 is 0 Å². The molecule has 1 atom stereocenters. The van der Waals surface area contributed by atoms with Crippen molar-refractivity contribution in [3.8, 4) is 0 Å². The number of nitro benzene ring substituents is 1. The molecule has 1 amide bonds. The van der Waals surface area contributed by atoms with E-state index in [9.17, 15) is 14.9 Å². The monoisotopic (exact) mass is 344 g/mol. The Labute approximate surface area is 145 Å². The summed E-state index contributed by atoms with van der Waals surface area (Å²) in [6, 6.07) is 16.4. The zero-order chi connectivity index (χ0) is 17.4. The van der Waals surface area contributed by atoms with Crippen LogP contribution in [0.25, 0.3) is 0 Å². The van der Waals surface area contributed by atoms with E-state index in [1.54, 1.807) is 12.1 Å². The number of benzene rings is 2. The fraction of sp³-hybridized carbons (Fsp3) is 0.278. The Hall–Kier alpha value is -2.34. The van der Waals surface area contributed by atoms with Crippen LogP contribution in [0, 0.1) is 10.1 Å². The van der Waals surface area contributed by atoms with Crippen LogP contribution in [0.2, 0.25) is 0 Å². The van der Waals surface area contributed by atoms with E-state index in [1.165, 1.54) is 29.5 Å². The molecule has 2 rings (SSSR count). The van der Waals surface area contributed by atoms with Crippen LogP contribution in [-0.4, -0.2) is 23.1 Å². The lowest BCUT2D eigenvalue weighted by atomic mass is 9.96. The minimum absolute atomic E-state index is 0.0345. The minimum Gasteiger partial charge on any atom is -0.355 e. The maximum atomic E-state index is 12.0. The van der Waals surface area contributed by atoms with Gasteiger partial charge in [0.1, 0.15) is 0 Å². The van der Waals surface area contributed by atoms with Crippen molar-refractivity contribution < 1.29 is 9.72 Å². The van der Waals surface area contributed by atoms with Crippen LogP contribution in [0.5, 0.6) is 0 Å². The fourth-order valence-corrected chi connectivity index (χ4v) is 3.05. The molecule has 0 saturated heterocycles. The van der Waals surface area contributed by atoms with Crippen LogP contribution >= 0.6 is 11.8 Å². The summed E-state index contributed by atoms with van der Waals surface area (Å²) in [6.45, 7) is 2.72. The molecule has 1 unspecified atom stereocenters. The topological polar surface area (TPSA) is 72.2 Å². The average molecular weight is 344 g/mol. The summed E-state index contributed by atoms with van der Waals surface area (Å²) in [5, 5.41) is 13.6. The Bertz CT molecular complexity index is 674. The quantitative estimate of drug-likeness (QED) is 0.446. The predicted octanol–water partition coefficient (Wildman–Crippen LogP) is 4.00. The van der Waals surface area contributed by atoms with Gasteiger partial charge in [-0.3, -0.25) is 14.9 Å². The van der Waals surface area contributed by atoms with Crippen molar-refractivity contribution in [3.63, 3.8) is 0 Å². The van der Waals surface area contributed by atoms with Gasteiger partial charge in [0.15, 0.2) is 0 Å². The number of nitrogens with one attached hydrogen (secondary N) is 1. The second-order valence-corrected chi connectivity index (χ2v) is 6.41. The van der Waals surface area contributed by atoms with Gasteiger partial charge in [0.2, 0.25) is 5.91 Å². The number of amides is 1. The lowest BCUT2D eigenvalue weighted by molar-refractivity contribution is -0.384. The van der Waals surface area contributed by atoms with Gasteiger partial charge in [-0.25, -0.2) is 0 Å². The third-order valence-corrected chi connectivity index (χ3v) is 4.74. The Morgan fingerprint density at radius 2 is 1.83 bits per heavy atom. The third-order valence-electron chi connectivity index (χ3n) is 3.73. The maximum Gasteiger partial charge on any atom is 0.269 e. The largest absolute Gasteiger partial charge is 0.355 e. The highest BCUT2D eigenvalue weighted by Crippen LogP contribution is 2.21. The van der Waals surface area contributed by atoms with Crippen molar-refractivity contribution in [2.45, 2.75) is 24.2 Å². The smallest absolute Gasteiger partial charge is 0.269 e. The van der Waals surface area contributed by atoms with Gasteiger partial charge in [-0.05, 0) is 24.1 Å². The highest BCUT2D eigenvalue weighted by atomic mass is 32.2. The van der Waals surface area contributed by atoms with Crippen LogP contribution in [0.1, 0.15) is 24.8 Å². The summed E-state index contributed by atoms with van der Waals surface area (Å²) in [6.07, 6.45) is 0.958. The van der Waals surface area contributed by atoms with Gasteiger partial charge in [0.25, 0.3) is 5.69 Å². The fourth-order valence-electron chi connectivity index (χ4n) is 2.32. The first-order chi connectivity index (χ1) is 11.6. The summed E-state index contributed by atoms with van der Waals surface area (Å²) in [7, 11) is 0. The van der Waals surface area contributed by atoms with Crippen molar-refractivity contribution in [1.82, 2.24) is 5.32 Å². The number of hydrogen-bond acceptors (Lipinski definition) is 4. The van der Waals surface area contributed by atoms with Crippen LogP contribution in [0.4, 0.5) is 5.69 Å². The third kappa shape index (κ3) is 5.38. The number of nitro groups is 1. The van der Waals surface area contributed by atoms with Crippen molar-refractivity contribution in [3.05, 3.63) is 70.3 Å². The van der Waals surface area contributed by atoms with Crippen LogP contribution in [-0.2, 0) is 4.79 Å². The van der Waals surface area contributed by atoms with Gasteiger partial charge in [-0.15, -0.1) is 11.8 Å². The molecule has 0 saturated carbocycles. The van der Waals surface area contributed by atoms with E-state index in [-0.39, 0.29) is 11.6 Å². The zero-order valence-corrected chi connectivity index (χ0v) is 14.3. The van der Waals surface area contributed by atoms with E-state index in [2.05, 4.69) is 24.4 Å². The lowest BCUT2D eigenvalue weighted by Gasteiger charge is -2.16. The van der Waals surface area contributed by atoms with Crippen LogP contribution in [0.3, 0.4) is 0 Å². The molecule has 2 aromatic carbocycles. The van der Waals surface area contributed by atoms with E-state index in [0.29, 0.717) is 18.2 Å². The normalized spacial score (nSPS) is 11.7. The number of thioether (sulfide) groups is 1. The zero-order valence-electron chi connectivity index (χ0n) is 13.5. The number of non-ortho nitro benzene ring substituents is 1. The summed E-state index contributed by atoms with van der Waals surface area (Å²) in [5.41, 5.74) is 1.28. The molecule has 2 aromatic rings. The molecule has 0 radical (unpaired) electrons. The van der Waals surface area contributed by atoms with Crippen molar-refractivity contribution in [1.29, 1.82) is 0 Å². The summed E-state index contributed by atoms with van der Waals surface area (Å²) in [4.78, 5) is 23.0. The highest BCUT2D eigenvalue weighted by molar-refractivity contribution is 8.00. The highest BCUT2D eigenvalue weighted by Gasteiger charge is 2.11. The number of nitrogens with zero attached hydrogens (tertiary/aromatic N) is 1. The van der Waals surface area contributed by atoms with E-state index in [1.807, 2.05) is 18.2 Å². The molecule has 5 nitrogen and oxygen atoms in total. The molecule has 1 N–H and O–H groups in total. The van der Waals surface area contributed by atoms with E-state index in [0.717, 1.165) is 11.3 Å². The van der Waals surface area contributed by atoms with E-state index >= 15 is 0 Å². The standard InChI is InChI=1S/C18H20N2O3S/c1-2-14(15-6-4-3-5-7-15)12-19-18(21)13-24-17-10-8-16(9-11-17)20(22)23/h3-11,14H,2,12-13H2,1H3,(H,19,21). The van der Waals surface area contributed by atoms with Crippen molar-refractivity contribution in [2.75, 3.05) is 12.3 Å². The first kappa shape index (κ1) is 18.0. The van der Waals surface area contributed by atoms with E-state index in [4.69, 9.17) is 0 Å². The minimum atomic E-state index is -0.435. The SMILES string of the molecule is CCC(CNC(=O)CSc1ccc([N+](=O)[O-])cc1)c1ccccc1. The molecule has 24 heavy (non-hydrogen) atoms. The molecule has 0 fully saturated rings. The van der Waals surface area contributed by atoms with Crippen molar-refractivity contribution >= 4 is 23.4 Å². The Morgan fingerprint density at radius 1 is 1.17 bits per heavy atom. The Morgan fingerprint density at radius 3 is 2.42 bits per heavy atom. The molecule has 0 heterocycles. The molecule has 0 aliphatic rings. The first-order valence-electron chi connectivity index (χ1n) is 7.79. The average Bonchev–Trinajstić information content (AvgIpc) is 2.61. The molecule has 0 spiro atoms. The molecular weight excluding hydrogens is 324 g/mol. The maximum absolute atomic E-state index is 12.0. The van der Waals surface area contributed by atoms with Gasteiger partial charge in [0, 0.05) is 29.5 Å². The van der Waals surface area contributed by atoms with Gasteiger partial charge in [-0.1, -0.05) is 37.3 Å².